The van der Waals surface area contributed by atoms with E-state index in [1.807, 2.05) is 49.4 Å². The number of ether oxygens (including phenoxy) is 1. The molecule has 23 heavy (non-hydrogen) atoms. The first-order valence-electron chi connectivity index (χ1n) is 7.60. The second-order valence-corrected chi connectivity index (χ2v) is 5.61. The predicted molar refractivity (Wildman–Crippen MR) is 93.2 cm³/mol. The molecule has 5 heteroatoms. The van der Waals surface area contributed by atoms with Crippen molar-refractivity contribution in [1.82, 2.24) is 10.6 Å². The molecule has 0 atom stereocenters. The van der Waals surface area contributed by atoms with Gasteiger partial charge < -0.3 is 15.4 Å². The van der Waals surface area contributed by atoms with Crippen LogP contribution in [-0.2, 0) is 6.42 Å². The Morgan fingerprint density at radius 2 is 1.83 bits per heavy atom. The van der Waals surface area contributed by atoms with Crippen molar-refractivity contribution in [2.45, 2.75) is 13.3 Å². The van der Waals surface area contributed by atoms with E-state index in [0.29, 0.717) is 24.7 Å². The monoisotopic (exact) mass is 332 g/mol. The number of nitrogens with one attached hydrogen (secondary N) is 2. The molecule has 0 fully saturated rings. The van der Waals surface area contributed by atoms with Crippen LogP contribution in [-0.4, -0.2) is 25.7 Å². The first-order valence-corrected chi connectivity index (χ1v) is 7.97. The third-order valence-electron chi connectivity index (χ3n) is 3.32. The maximum atomic E-state index is 11.7. The Hall–Kier alpha value is -2.20. The first-order chi connectivity index (χ1) is 11.1. The van der Waals surface area contributed by atoms with Crippen molar-refractivity contribution in [1.29, 1.82) is 0 Å². The van der Waals surface area contributed by atoms with Gasteiger partial charge in [-0.2, -0.15) is 0 Å². The first kappa shape index (κ1) is 17.2. The van der Waals surface area contributed by atoms with Gasteiger partial charge in [0.05, 0.1) is 6.54 Å². The summed E-state index contributed by atoms with van der Waals surface area (Å²) < 4.78 is 5.61. The third-order valence-corrected chi connectivity index (χ3v) is 3.56. The summed E-state index contributed by atoms with van der Waals surface area (Å²) in [6.45, 7) is 3.39. The largest absolute Gasteiger partial charge is 0.491 e. The highest BCUT2D eigenvalue weighted by atomic mass is 35.5. The lowest BCUT2D eigenvalue weighted by atomic mass is 10.1. The molecule has 0 bridgehead atoms. The number of hydrogen-bond acceptors (Lipinski definition) is 2. The van der Waals surface area contributed by atoms with Gasteiger partial charge in [0.1, 0.15) is 12.4 Å². The molecule has 0 aliphatic heterocycles. The predicted octanol–water partition coefficient (Wildman–Crippen LogP) is 3.57. The van der Waals surface area contributed by atoms with Crippen molar-refractivity contribution < 1.29 is 9.53 Å². The van der Waals surface area contributed by atoms with Gasteiger partial charge >= 0.3 is 6.03 Å². The summed E-state index contributed by atoms with van der Waals surface area (Å²) >= 11 is 5.89. The summed E-state index contributed by atoms with van der Waals surface area (Å²) in [5.41, 5.74) is 2.18. The Labute approximate surface area is 141 Å². The molecule has 2 N–H and O–H groups in total. The van der Waals surface area contributed by atoms with Crippen molar-refractivity contribution in [3.05, 3.63) is 64.7 Å². The van der Waals surface area contributed by atoms with E-state index >= 15 is 0 Å². The van der Waals surface area contributed by atoms with E-state index in [4.69, 9.17) is 16.3 Å². The quantitative estimate of drug-likeness (QED) is 0.761. The van der Waals surface area contributed by atoms with Crippen LogP contribution in [0.4, 0.5) is 4.79 Å². The Kier molecular flexibility index (Phi) is 6.76. The number of rotatable bonds is 7. The topological polar surface area (TPSA) is 50.4 Å². The van der Waals surface area contributed by atoms with E-state index in [9.17, 15) is 4.79 Å². The molecular weight excluding hydrogens is 312 g/mol. The molecule has 0 heterocycles. The fourth-order valence-corrected chi connectivity index (χ4v) is 2.35. The van der Waals surface area contributed by atoms with Gasteiger partial charge in [0.15, 0.2) is 0 Å². The maximum Gasteiger partial charge on any atom is 0.314 e. The fourth-order valence-electron chi connectivity index (χ4n) is 2.13. The van der Waals surface area contributed by atoms with E-state index in [1.54, 1.807) is 6.07 Å². The average molecular weight is 333 g/mol. The van der Waals surface area contributed by atoms with Crippen molar-refractivity contribution in [3.8, 4) is 5.75 Å². The van der Waals surface area contributed by atoms with Crippen LogP contribution < -0.4 is 15.4 Å². The summed E-state index contributed by atoms with van der Waals surface area (Å²) in [4.78, 5) is 11.7. The Morgan fingerprint density at radius 3 is 2.57 bits per heavy atom. The molecule has 0 saturated heterocycles. The molecule has 2 aromatic carbocycles. The van der Waals surface area contributed by atoms with Gasteiger partial charge in [-0.25, -0.2) is 4.79 Å². The van der Waals surface area contributed by atoms with Crippen molar-refractivity contribution in [2.75, 3.05) is 19.7 Å². The smallest absolute Gasteiger partial charge is 0.314 e. The zero-order valence-corrected chi connectivity index (χ0v) is 13.9. The number of benzene rings is 2. The molecule has 2 rings (SSSR count). The molecule has 0 unspecified atom stereocenters. The fraction of sp³-hybridized carbons (Fsp3) is 0.278. The van der Waals surface area contributed by atoms with Crippen molar-refractivity contribution in [2.24, 2.45) is 0 Å². The summed E-state index contributed by atoms with van der Waals surface area (Å²) in [5.74, 6) is 0.778. The standard InChI is InChI=1S/C18H21ClN2O2/c1-14-13-16(19)7-8-17(14)23-12-11-21-18(22)20-10-9-15-5-3-2-4-6-15/h2-8,13H,9-12H2,1H3,(H2,20,21,22). The molecule has 0 aromatic heterocycles. The van der Waals surface area contributed by atoms with Gasteiger partial charge in [-0.3, -0.25) is 0 Å². The lowest BCUT2D eigenvalue weighted by molar-refractivity contribution is 0.236. The van der Waals surface area contributed by atoms with Crippen LogP contribution in [0.15, 0.2) is 48.5 Å². The zero-order valence-electron chi connectivity index (χ0n) is 13.1. The average Bonchev–Trinajstić information content (AvgIpc) is 2.54. The van der Waals surface area contributed by atoms with Gasteiger partial charge in [-0.15, -0.1) is 0 Å². The number of amides is 2. The SMILES string of the molecule is Cc1cc(Cl)ccc1OCCNC(=O)NCCc1ccccc1. The van der Waals surface area contributed by atoms with E-state index in [1.165, 1.54) is 5.56 Å². The highest BCUT2D eigenvalue weighted by molar-refractivity contribution is 6.30. The molecule has 0 aliphatic rings. The highest BCUT2D eigenvalue weighted by Gasteiger charge is 2.02. The second-order valence-electron chi connectivity index (χ2n) is 5.18. The lowest BCUT2D eigenvalue weighted by Crippen LogP contribution is -2.38. The second kappa shape index (κ2) is 9.06. The van der Waals surface area contributed by atoms with E-state index in [2.05, 4.69) is 10.6 Å². The van der Waals surface area contributed by atoms with Gasteiger partial charge in [-0.1, -0.05) is 41.9 Å². The number of hydrogen-bond donors (Lipinski definition) is 2. The Balaban J connectivity index is 1.59. The Morgan fingerprint density at radius 1 is 1.09 bits per heavy atom. The van der Waals surface area contributed by atoms with Crippen LogP contribution in [0.1, 0.15) is 11.1 Å². The highest BCUT2D eigenvalue weighted by Crippen LogP contribution is 2.21. The van der Waals surface area contributed by atoms with E-state index in [-0.39, 0.29) is 6.03 Å². The minimum Gasteiger partial charge on any atom is -0.491 e. The van der Waals surface area contributed by atoms with Crippen LogP contribution in [0.5, 0.6) is 5.75 Å². The summed E-state index contributed by atoms with van der Waals surface area (Å²) in [7, 11) is 0. The van der Waals surface area contributed by atoms with Crippen molar-refractivity contribution >= 4 is 17.6 Å². The summed E-state index contributed by atoms with van der Waals surface area (Å²) in [6.07, 6.45) is 0.814. The van der Waals surface area contributed by atoms with E-state index < -0.39 is 0 Å². The van der Waals surface area contributed by atoms with Gasteiger partial charge in [-0.05, 0) is 42.7 Å². The molecule has 2 amide bonds. The van der Waals surface area contributed by atoms with Crippen LogP contribution in [0.3, 0.4) is 0 Å². The molecule has 2 aromatic rings. The molecule has 4 nitrogen and oxygen atoms in total. The molecule has 0 saturated carbocycles. The molecular formula is C18H21ClN2O2. The lowest BCUT2D eigenvalue weighted by Gasteiger charge is -2.11. The maximum absolute atomic E-state index is 11.7. The van der Waals surface area contributed by atoms with Crippen LogP contribution in [0.25, 0.3) is 0 Å². The molecule has 0 spiro atoms. The van der Waals surface area contributed by atoms with Crippen LogP contribution >= 0.6 is 11.6 Å². The van der Waals surface area contributed by atoms with Crippen LogP contribution in [0.2, 0.25) is 5.02 Å². The van der Waals surface area contributed by atoms with Crippen LogP contribution in [0, 0.1) is 6.92 Å². The zero-order chi connectivity index (χ0) is 16.5. The van der Waals surface area contributed by atoms with Gasteiger partial charge in [0, 0.05) is 11.6 Å². The minimum atomic E-state index is -0.183. The summed E-state index contributed by atoms with van der Waals surface area (Å²) in [5, 5.41) is 6.28. The summed E-state index contributed by atoms with van der Waals surface area (Å²) in [6, 6.07) is 15.3. The molecule has 0 radical (unpaired) electrons. The number of carbonyl (C=O) groups is 1. The van der Waals surface area contributed by atoms with Gasteiger partial charge in [0.2, 0.25) is 0 Å². The van der Waals surface area contributed by atoms with Crippen molar-refractivity contribution in [3.63, 3.8) is 0 Å². The molecule has 122 valence electrons. The normalized spacial score (nSPS) is 10.2. The number of halogens is 1. The van der Waals surface area contributed by atoms with E-state index in [0.717, 1.165) is 17.7 Å². The minimum absolute atomic E-state index is 0.183. The number of carbonyl (C=O) groups excluding carboxylic acids is 1. The third kappa shape index (κ3) is 6.20. The van der Waals surface area contributed by atoms with Gasteiger partial charge in [0.25, 0.3) is 0 Å². The Bertz CT molecular complexity index is 632. The molecule has 0 aliphatic carbocycles. The number of urea groups is 1. The number of aryl methyl sites for hydroxylation is 1.